The van der Waals surface area contributed by atoms with Gasteiger partial charge in [-0.25, -0.2) is 4.39 Å². The number of fused-ring (bicyclic) bond motifs is 1. The fraction of sp³-hybridized carbons (Fsp3) is 0.812. The topological polar surface area (TPSA) is 57.2 Å². The standard InChI is InChI=1S/C32H45FO5/c1-2-3-6-14-32(15-9-16-32)29(38-31-11-5-8-18-36-31)13-12-25-26-20-24(27(33)22-34)19-23(26)21-28(25)37-30-10-4-7-17-35-30/h23,25-26,28-31,34H,2,4-5,7-11,14-22H2,1H3/t23-,25+,26-,28+,29+,30?,31?/m0/s1. The Morgan fingerprint density at radius 3 is 2.45 bits per heavy atom. The van der Waals surface area contributed by atoms with Crippen LogP contribution in [0.2, 0.25) is 0 Å². The third-order valence-electron chi connectivity index (χ3n) is 9.43. The second kappa shape index (κ2) is 13.3. The molecular formula is C32H45FO5. The van der Waals surface area contributed by atoms with Crippen LogP contribution in [-0.2, 0) is 18.9 Å². The molecule has 5 fully saturated rings. The molecular weight excluding hydrogens is 483 g/mol. The molecule has 3 aliphatic carbocycles. The van der Waals surface area contributed by atoms with Crippen molar-refractivity contribution in [1.29, 1.82) is 0 Å². The summed E-state index contributed by atoms with van der Waals surface area (Å²) in [5.74, 6) is 14.1. The minimum absolute atomic E-state index is 0.00764. The van der Waals surface area contributed by atoms with E-state index < -0.39 is 6.61 Å². The Morgan fingerprint density at radius 1 is 1.05 bits per heavy atom. The van der Waals surface area contributed by atoms with Crippen molar-refractivity contribution in [2.24, 2.45) is 23.2 Å². The largest absolute Gasteiger partial charge is 0.389 e. The van der Waals surface area contributed by atoms with Gasteiger partial charge in [-0.3, -0.25) is 0 Å². The van der Waals surface area contributed by atoms with Crippen molar-refractivity contribution in [3.63, 3.8) is 0 Å². The first-order chi connectivity index (χ1) is 18.6. The predicted octanol–water partition coefficient (Wildman–Crippen LogP) is 6.05. The maximum atomic E-state index is 14.4. The smallest absolute Gasteiger partial charge is 0.159 e. The van der Waals surface area contributed by atoms with E-state index in [1.54, 1.807) is 0 Å². The van der Waals surface area contributed by atoms with E-state index in [2.05, 4.69) is 30.6 Å². The van der Waals surface area contributed by atoms with Crippen LogP contribution in [0.1, 0.15) is 96.8 Å². The van der Waals surface area contributed by atoms with Crippen LogP contribution in [0.4, 0.5) is 4.39 Å². The molecule has 3 saturated carbocycles. The van der Waals surface area contributed by atoms with Crippen molar-refractivity contribution in [2.45, 2.75) is 122 Å². The van der Waals surface area contributed by atoms with Crippen molar-refractivity contribution >= 4 is 0 Å². The number of ether oxygens (including phenoxy) is 4. The molecule has 210 valence electrons. The molecule has 0 aromatic carbocycles. The molecule has 38 heavy (non-hydrogen) atoms. The van der Waals surface area contributed by atoms with Crippen LogP contribution in [0.3, 0.4) is 0 Å². The normalized spacial score (nSPS) is 36.2. The summed E-state index contributed by atoms with van der Waals surface area (Å²) in [6, 6.07) is 0. The van der Waals surface area contributed by atoms with Gasteiger partial charge in [0, 0.05) is 31.5 Å². The third kappa shape index (κ3) is 6.48. The van der Waals surface area contributed by atoms with Crippen LogP contribution in [0.5, 0.6) is 0 Å². The third-order valence-corrected chi connectivity index (χ3v) is 9.43. The summed E-state index contributed by atoms with van der Waals surface area (Å²) in [6.07, 6.45) is 12.7. The maximum absolute atomic E-state index is 14.4. The Hall–Kier alpha value is -1.41. The fourth-order valence-corrected chi connectivity index (χ4v) is 7.09. The summed E-state index contributed by atoms with van der Waals surface area (Å²) in [4.78, 5) is 0. The van der Waals surface area contributed by atoms with E-state index in [9.17, 15) is 9.50 Å². The Balaban J connectivity index is 1.40. The summed E-state index contributed by atoms with van der Waals surface area (Å²) in [5.41, 5.74) is 0.705. The lowest BCUT2D eigenvalue weighted by atomic mass is 9.63. The molecule has 5 aliphatic rings. The molecule has 2 saturated heterocycles. The predicted molar refractivity (Wildman–Crippen MR) is 143 cm³/mol. The maximum Gasteiger partial charge on any atom is 0.159 e. The van der Waals surface area contributed by atoms with Gasteiger partial charge in [0.25, 0.3) is 0 Å². The molecule has 5 rings (SSSR count). The highest BCUT2D eigenvalue weighted by molar-refractivity contribution is 5.25. The van der Waals surface area contributed by atoms with E-state index >= 15 is 0 Å². The number of allylic oxidation sites excluding steroid dienone is 1. The van der Waals surface area contributed by atoms with E-state index in [4.69, 9.17) is 18.9 Å². The molecule has 5 nitrogen and oxygen atoms in total. The monoisotopic (exact) mass is 528 g/mol. The van der Waals surface area contributed by atoms with Crippen molar-refractivity contribution in [3.05, 3.63) is 11.4 Å². The first kappa shape index (κ1) is 28.1. The minimum Gasteiger partial charge on any atom is -0.389 e. The number of aliphatic hydroxyl groups excluding tert-OH is 1. The number of aliphatic hydroxyl groups is 1. The Kier molecular flexibility index (Phi) is 9.84. The zero-order chi connectivity index (χ0) is 26.4. The number of halogens is 1. The van der Waals surface area contributed by atoms with Gasteiger partial charge >= 0.3 is 0 Å². The second-order valence-electron chi connectivity index (χ2n) is 11.9. The van der Waals surface area contributed by atoms with Crippen LogP contribution < -0.4 is 0 Å². The Morgan fingerprint density at radius 2 is 1.82 bits per heavy atom. The van der Waals surface area contributed by atoms with Crippen LogP contribution in [0.15, 0.2) is 11.4 Å². The summed E-state index contributed by atoms with van der Waals surface area (Å²) < 4.78 is 39.4. The minimum atomic E-state index is -0.514. The lowest BCUT2D eigenvalue weighted by Crippen LogP contribution is -2.44. The second-order valence-corrected chi connectivity index (χ2v) is 11.9. The lowest BCUT2D eigenvalue weighted by Gasteiger charge is -2.45. The number of hydrogen-bond acceptors (Lipinski definition) is 5. The molecule has 0 amide bonds. The molecule has 0 aromatic heterocycles. The quantitative estimate of drug-likeness (QED) is 0.408. The number of rotatable bonds is 7. The molecule has 2 heterocycles. The highest BCUT2D eigenvalue weighted by Gasteiger charge is 2.49. The SMILES string of the molecule is CCC#CCC1([C@@H](C#C[C@@H]2[C@H]3CC(=C(F)CO)C[C@H]3C[C@H]2OC2CCCCO2)OC2CCCCO2)CCC1. The zero-order valence-electron chi connectivity index (χ0n) is 23.0. The molecule has 6 heteroatoms. The van der Waals surface area contributed by atoms with Gasteiger partial charge in [-0.1, -0.05) is 25.2 Å². The van der Waals surface area contributed by atoms with Crippen LogP contribution in [0.25, 0.3) is 0 Å². The molecule has 0 bridgehead atoms. The van der Waals surface area contributed by atoms with Crippen molar-refractivity contribution < 1.29 is 28.4 Å². The van der Waals surface area contributed by atoms with Crippen molar-refractivity contribution in [3.8, 4) is 23.7 Å². The summed E-state index contributed by atoms with van der Waals surface area (Å²) >= 11 is 0. The molecule has 7 atom stereocenters. The molecule has 0 spiro atoms. The van der Waals surface area contributed by atoms with Crippen LogP contribution in [0, 0.1) is 46.9 Å². The lowest BCUT2D eigenvalue weighted by molar-refractivity contribution is -0.206. The summed E-state index contributed by atoms with van der Waals surface area (Å²) in [6.45, 7) is 3.05. The van der Waals surface area contributed by atoms with Gasteiger partial charge in [-0.2, -0.15) is 0 Å². The van der Waals surface area contributed by atoms with Gasteiger partial charge in [0.1, 0.15) is 11.9 Å². The van der Waals surface area contributed by atoms with Gasteiger partial charge < -0.3 is 24.1 Å². The van der Waals surface area contributed by atoms with E-state index in [0.717, 1.165) is 89.4 Å². The van der Waals surface area contributed by atoms with E-state index in [1.165, 1.54) is 6.42 Å². The van der Waals surface area contributed by atoms with Crippen LogP contribution in [-0.4, -0.2) is 49.7 Å². The molecule has 2 unspecified atom stereocenters. The van der Waals surface area contributed by atoms with E-state index in [-0.39, 0.29) is 47.9 Å². The average Bonchev–Trinajstić information content (AvgIpc) is 3.47. The number of hydrogen-bond donors (Lipinski definition) is 1. The van der Waals surface area contributed by atoms with Crippen molar-refractivity contribution in [2.75, 3.05) is 19.8 Å². The Bertz CT molecular complexity index is 938. The molecule has 0 radical (unpaired) electrons. The van der Waals surface area contributed by atoms with E-state index in [1.807, 2.05) is 0 Å². The fourth-order valence-electron chi connectivity index (χ4n) is 7.09. The Labute approximate surface area is 228 Å². The summed E-state index contributed by atoms with van der Waals surface area (Å²) in [5, 5.41) is 9.39. The van der Waals surface area contributed by atoms with Gasteiger partial charge in [0.2, 0.25) is 0 Å². The van der Waals surface area contributed by atoms with Gasteiger partial charge in [0.05, 0.1) is 18.6 Å². The molecule has 0 aromatic rings. The average molecular weight is 529 g/mol. The molecule has 1 N–H and O–H groups in total. The zero-order valence-corrected chi connectivity index (χ0v) is 23.0. The highest BCUT2D eigenvalue weighted by Crippen LogP contribution is 2.52. The first-order valence-corrected chi connectivity index (χ1v) is 15.1. The van der Waals surface area contributed by atoms with Gasteiger partial charge in [0.15, 0.2) is 12.6 Å². The van der Waals surface area contributed by atoms with Crippen molar-refractivity contribution in [1.82, 2.24) is 0 Å². The molecule has 2 aliphatic heterocycles. The first-order valence-electron chi connectivity index (χ1n) is 15.1. The van der Waals surface area contributed by atoms with Crippen LogP contribution >= 0.6 is 0 Å². The summed E-state index contributed by atoms with van der Waals surface area (Å²) in [7, 11) is 0. The highest BCUT2D eigenvalue weighted by atomic mass is 19.1. The van der Waals surface area contributed by atoms with E-state index in [0.29, 0.717) is 18.8 Å². The van der Waals surface area contributed by atoms with Gasteiger partial charge in [-0.05, 0) is 88.0 Å². The van der Waals surface area contributed by atoms with Gasteiger partial charge in [-0.15, -0.1) is 11.8 Å².